The lowest BCUT2D eigenvalue weighted by Gasteiger charge is -2.05. The molecule has 0 radical (unpaired) electrons. The van der Waals surface area contributed by atoms with Crippen LogP contribution in [0.5, 0.6) is 0 Å². The van der Waals surface area contributed by atoms with E-state index in [0.717, 1.165) is 0 Å². The third kappa shape index (κ3) is 5.95. The van der Waals surface area contributed by atoms with E-state index in [1.54, 1.807) is 26.0 Å². The third-order valence-electron chi connectivity index (χ3n) is 2.45. The molecule has 1 rings (SSSR count). The van der Waals surface area contributed by atoms with Gasteiger partial charge in [0, 0.05) is 24.9 Å². The van der Waals surface area contributed by atoms with Crippen LogP contribution in [-0.2, 0) is 4.79 Å². The molecular formula is C15H17FN4O. The number of nitrogens with zero attached hydrogens (tertiary/aromatic N) is 3. The number of carbonyl (C=O) groups is 1. The summed E-state index contributed by atoms with van der Waals surface area (Å²) in [5.74, 6) is -1.19. The van der Waals surface area contributed by atoms with Gasteiger partial charge in [-0.05, 0) is 32.1 Å². The predicted molar refractivity (Wildman–Crippen MR) is 80.4 cm³/mol. The van der Waals surface area contributed by atoms with Gasteiger partial charge in [0.25, 0.3) is 5.91 Å². The van der Waals surface area contributed by atoms with E-state index in [1.807, 2.05) is 6.07 Å². The van der Waals surface area contributed by atoms with E-state index in [1.165, 1.54) is 18.4 Å². The highest BCUT2D eigenvalue weighted by Gasteiger charge is 2.11. The molecule has 1 atom stereocenters. The maximum absolute atomic E-state index is 13.1. The lowest BCUT2D eigenvalue weighted by Crippen LogP contribution is -2.29. The maximum atomic E-state index is 13.1. The normalized spacial score (nSPS) is 16.8. The Morgan fingerprint density at radius 2 is 2.38 bits per heavy atom. The molecule has 0 aromatic heterocycles. The average Bonchev–Trinajstić information content (AvgIpc) is 2.67. The first kappa shape index (κ1) is 16.5. The SMILES string of the molecule is CCN=C(N=CC(C)C#N)C(=O)NC1=CC=C(F)CC=C1. The fourth-order valence-corrected chi connectivity index (χ4v) is 1.41. The number of carbonyl (C=O) groups excluding carboxylic acids is 1. The number of amides is 1. The van der Waals surface area contributed by atoms with Crippen LogP contribution in [0.4, 0.5) is 4.39 Å². The minimum atomic E-state index is -0.496. The van der Waals surface area contributed by atoms with Crippen molar-refractivity contribution in [2.24, 2.45) is 15.9 Å². The highest BCUT2D eigenvalue weighted by Crippen LogP contribution is 2.10. The number of aliphatic imine (C=N–C) groups is 2. The average molecular weight is 288 g/mol. The molecular weight excluding hydrogens is 271 g/mol. The zero-order chi connectivity index (χ0) is 15.7. The summed E-state index contributed by atoms with van der Waals surface area (Å²) in [5.41, 5.74) is 0.458. The largest absolute Gasteiger partial charge is 0.319 e. The molecule has 0 heterocycles. The van der Waals surface area contributed by atoms with Gasteiger partial charge in [-0.2, -0.15) is 5.26 Å². The molecule has 0 aliphatic heterocycles. The number of nitrogens with one attached hydrogen (secondary N) is 1. The van der Waals surface area contributed by atoms with Gasteiger partial charge in [0.05, 0.1) is 12.0 Å². The van der Waals surface area contributed by atoms with Crippen LogP contribution in [0.2, 0.25) is 0 Å². The second-order valence-electron chi connectivity index (χ2n) is 4.29. The summed E-state index contributed by atoms with van der Waals surface area (Å²) in [6, 6.07) is 1.99. The fourth-order valence-electron chi connectivity index (χ4n) is 1.41. The number of amidine groups is 1. The molecule has 1 aliphatic carbocycles. The number of hydrogen-bond donors (Lipinski definition) is 1. The van der Waals surface area contributed by atoms with Crippen molar-refractivity contribution < 1.29 is 9.18 Å². The maximum Gasteiger partial charge on any atom is 0.293 e. The van der Waals surface area contributed by atoms with E-state index in [0.29, 0.717) is 12.2 Å². The molecule has 5 nitrogen and oxygen atoms in total. The molecule has 21 heavy (non-hydrogen) atoms. The van der Waals surface area contributed by atoms with Crippen LogP contribution in [0.3, 0.4) is 0 Å². The Kier molecular flexibility index (Phi) is 6.75. The van der Waals surface area contributed by atoms with E-state index in [2.05, 4.69) is 15.3 Å². The van der Waals surface area contributed by atoms with Crippen LogP contribution >= 0.6 is 0 Å². The summed E-state index contributed by atoms with van der Waals surface area (Å²) in [6.45, 7) is 3.83. The predicted octanol–water partition coefficient (Wildman–Crippen LogP) is 2.45. The molecule has 110 valence electrons. The zero-order valence-electron chi connectivity index (χ0n) is 12.0. The topological polar surface area (TPSA) is 77.6 Å². The van der Waals surface area contributed by atoms with Crippen molar-refractivity contribution in [3.05, 3.63) is 35.8 Å². The number of halogens is 1. The Bertz CT molecular complexity index is 579. The number of hydrogen-bond acceptors (Lipinski definition) is 3. The smallest absolute Gasteiger partial charge is 0.293 e. The minimum absolute atomic E-state index is 0.0115. The van der Waals surface area contributed by atoms with Crippen LogP contribution in [0.25, 0.3) is 0 Å². The van der Waals surface area contributed by atoms with E-state index in [9.17, 15) is 9.18 Å². The van der Waals surface area contributed by atoms with Gasteiger partial charge >= 0.3 is 0 Å². The summed E-state index contributed by atoms with van der Waals surface area (Å²) in [7, 11) is 0. The molecule has 0 bridgehead atoms. The first-order valence-corrected chi connectivity index (χ1v) is 6.59. The van der Waals surface area contributed by atoms with Crippen LogP contribution in [0.1, 0.15) is 20.3 Å². The van der Waals surface area contributed by atoms with Crippen LogP contribution in [-0.4, -0.2) is 24.5 Å². The van der Waals surface area contributed by atoms with Gasteiger partial charge in [-0.1, -0.05) is 6.08 Å². The summed E-state index contributed by atoms with van der Waals surface area (Å²) in [5, 5.41) is 11.3. The molecule has 0 spiro atoms. The van der Waals surface area contributed by atoms with E-state index in [4.69, 9.17) is 5.26 Å². The van der Waals surface area contributed by atoms with Crippen molar-refractivity contribution in [3.63, 3.8) is 0 Å². The Balaban J connectivity index is 2.82. The zero-order valence-corrected chi connectivity index (χ0v) is 12.0. The Morgan fingerprint density at radius 3 is 3.05 bits per heavy atom. The molecule has 0 saturated heterocycles. The second-order valence-corrected chi connectivity index (χ2v) is 4.29. The van der Waals surface area contributed by atoms with Crippen molar-refractivity contribution in [1.82, 2.24) is 5.32 Å². The van der Waals surface area contributed by atoms with Crippen molar-refractivity contribution in [3.8, 4) is 6.07 Å². The van der Waals surface area contributed by atoms with Crippen molar-refractivity contribution in [1.29, 1.82) is 5.26 Å². The monoisotopic (exact) mass is 288 g/mol. The lowest BCUT2D eigenvalue weighted by atomic mass is 10.2. The molecule has 1 aliphatic rings. The van der Waals surface area contributed by atoms with Crippen LogP contribution < -0.4 is 5.32 Å². The van der Waals surface area contributed by atoms with E-state index >= 15 is 0 Å². The molecule has 1 amide bonds. The number of rotatable bonds is 3. The van der Waals surface area contributed by atoms with Gasteiger partial charge in [-0.3, -0.25) is 9.79 Å². The quantitative estimate of drug-likeness (QED) is 0.639. The minimum Gasteiger partial charge on any atom is -0.319 e. The molecule has 0 aromatic rings. The molecule has 0 aromatic carbocycles. The molecule has 0 fully saturated rings. The number of nitriles is 1. The Labute approximate surface area is 123 Å². The Hall–Kier alpha value is -2.55. The van der Waals surface area contributed by atoms with Gasteiger partial charge in [0.2, 0.25) is 5.84 Å². The summed E-state index contributed by atoms with van der Waals surface area (Å²) in [6.07, 6.45) is 7.57. The fraction of sp³-hybridized carbons (Fsp3) is 0.333. The Morgan fingerprint density at radius 1 is 1.62 bits per heavy atom. The highest BCUT2D eigenvalue weighted by molar-refractivity contribution is 6.39. The third-order valence-corrected chi connectivity index (χ3v) is 2.45. The van der Waals surface area contributed by atoms with Gasteiger partial charge in [-0.25, -0.2) is 9.38 Å². The highest BCUT2D eigenvalue weighted by atomic mass is 19.1. The van der Waals surface area contributed by atoms with Crippen LogP contribution in [0, 0.1) is 17.2 Å². The standard InChI is InChI=1S/C15H17FN4O/c1-3-18-14(19-10-11(2)9-17)15(21)20-13-6-4-5-12(16)7-8-13/h4,6-8,10-11H,3,5H2,1-2H3,(H,20,21). The first-order chi connectivity index (χ1) is 10.1. The summed E-state index contributed by atoms with van der Waals surface area (Å²) in [4.78, 5) is 20.0. The van der Waals surface area contributed by atoms with Crippen molar-refractivity contribution in [2.75, 3.05) is 6.54 Å². The van der Waals surface area contributed by atoms with Crippen LogP contribution in [0.15, 0.2) is 45.8 Å². The lowest BCUT2D eigenvalue weighted by molar-refractivity contribution is -0.114. The van der Waals surface area contributed by atoms with E-state index in [-0.39, 0.29) is 18.1 Å². The molecule has 1 N–H and O–H groups in total. The first-order valence-electron chi connectivity index (χ1n) is 6.59. The molecule has 0 saturated carbocycles. The van der Waals surface area contributed by atoms with Crippen molar-refractivity contribution >= 4 is 18.0 Å². The van der Waals surface area contributed by atoms with Gasteiger partial charge in [0.1, 0.15) is 5.83 Å². The summed E-state index contributed by atoms with van der Waals surface area (Å²) < 4.78 is 13.1. The van der Waals surface area contributed by atoms with Gasteiger partial charge in [-0.15, -0.1) is 0 Å². The second kappa shape index (κ2) is 8.59. The molecule has 6 heteroatoms. The van der Waals surface area contributed by atoms with Gasteiger partial charge < -0.3 is 5.32 Å². The number of allylic oxidation sites excluding steroid dienone is 5. The van der Waals surface area contributed by atoms with Crippen molar-refractivity contribution in [2.45, 2.75) is 20.3 Å². The van der Waals surface area contributed by atoms with E-state index < -0.39 is 11.8 Å². The van der Waals surface area contributed by atoms with Gasteiger partial charge in [0.15, 0.2) is 0 Å². The molecule has 1 unspecified atom stereocenters. The summed E-state index contributed by atoms with van der Waals surface area (Å²) >= 11 is 0.